The van der Waals surface area contributed by atoms with Crippen molar-refractivity contribution in [2.75, 3.05) is 0 Å². The second kappa shape index (κ2) is 8.17. The van der Waals surface area contributed by atoms with Crippen LogP contribution in [-0.4, -0.2) is 16.0 Å². The fourth-order valence-electron chi connectivity index (χ4n) is 12.0. The minimum atomic E-state index is -0.271. The number of carbonyl (C=O) groups is 2. The molecule has 8 aliphatic rings. The standard InChI is InChI=1S/C44H39NO2/c1-43-14-16-44(2,17-15-43)42(47)30-21-35-32(19-33(30)43)39-27-13-11-24-5-3-4-23-10-12-26(37(27)36(23)24)38-31-18-28-22-6-8-25(9-7-22)41(46)29(28)20-34(31)45(35)40(38)39/h3-5,18-22,25H,6-17H2,1-2H3. The van der Waals surface area contributed by atoms with Gasteiger partial charge in [0.15, 0.2) is 11.6 Å². The van der Waals surface area contributed by atoms with Crippen LogP contribution in [0.5, 0.6) is 0 Å². The number of rotatable bonds is 0. The largest absolute Gasteiger partial charge is 0.308 e. The van der Waals surface area contributed by atoms with E-state index in [1.54, 1.807) is 0 Å². The molecule has 8 aliphatic carbocycles. The Morgan fingerprint density at radius 1 is 0.660 bits per heavy atom. The molecule has 0 radical (unpaired) electrons. The Hall–Kier alpha value is -3.98. The lowest BCUT2D eigenvalue weighted by atomic mass is 9.65. The Bertz CT molecular complexity index is 2480. The summed E-state index contributed by atoms with van der Waals surface area (Å²) >= 11 is 0. The highest BCUT2D eigenvalue weighted by atomic mass is 16.1. The zero-order valence-electron chi connectivity index (χ0n) is 27.4. The molecule has 6 aromatic rings. The maximum absolute atomic E-state index is 14.5. The van der Waals surface area contributed by atoms with E-state index in [4.69, 9.17) is 0 Å². The van der Waals surface area contributed by atoms with Crippen LogP contribution < -0.4 is 0 Å². The maximum Gasteiger partial charge on any atom is 0.169 e. The van der Waals surface area contributed by atoms with Crippen molar-refractivity contribution in [3.05, 3.63) is 87.0 Å². The molecule has 4 aromatic carbocycles. The van der Waals surface area contributed by atoms with E-state index >= 15 is 0 Å². The van der Waals surface area contributed by atoms with Crippen LogP contribution in [0, 0.1) is 11.3 Å². The molecule has 47 heavy (non-hydrogen) atoms. The Balaban J connectivity index is 1.31. The summed E-state index contributed by atoms with van der Waals surface area (Å²) in [5.41, 5.74) is 17.1. The van der Waals surface area contributed by atoms with Gasteiger partial charge in [0.2, 0.25) is 0 Å². The van der Waals surface area contributed by atoms with Crippen LogP contribution in [-0.2, 0) is 31.1 Å². The Morgan fingerprint density at radius 2 is 1.26 bits per heavy atom. The van der Waals surface area contributed by atoms with Crippen molar-refractivity contribution in [1.82, 2.24) is 4.40 Å². The first kappa shape index (κ1) is 26.0. The third kappa shape index (κ3) is 2.91. The monoisotopic (exact) mass is 613 g/mol. The fourth-order valence-corrected chi connectivity index (χ4v) is 12.0. The molecule has 0 saturated heterocycles. The Morgan fingerprint density at radius 3 is 1.94 bits per heavy atom. The van der Waals surface area contributed by atoms with E-state index in [0.29, 0.717) is 17.5 Å². The van der Waals surface area contributed by atoms with Crippen molar-refractivity contribution in [3.8, 4) is 11.1 Å². The summed E-state index contributed by atoms with van der Waals surface area (Å²) in [5, 5.41) is 5.48. The zero-order chi connectivity index (χ0) is 31.1. The van der Waals surface area contributed by atoms with Gasteiger partial charge < -0.3 is 4.40 Å². The number of fused-ring (bicyclic) bond motifs is 12. The minimum Gasteiger partial charge on any atom is -0.308 e. The average Bonchev–Trinajstić information content (AvgIpc) is 3.47. The molecule has 232 valence electrons. The number of hydrogen-bond acceptors (Lipinski definition) is 2. The number of nitrogens with zero attached hydrogens (tertiary/aromatic N) is 1. The highest BCUT2D eigenvalue weighted by Crippen LogP contribution is 2.57. The van der Waals surface area contributed by atoms with Crippen molar-refractivity contribution in [2.24, 2.45) is 11.3 Å². The second-order valence-corrected chi connectivity index (χ2v) is 17.0. The molecule has 0 N–H and O–H groups in total. The van der Waals surface area contributed by atoms with Crippen molar-refractivity contribution < 1.29 is 9.59 Å². The third-order valence-electron chi connectivity index (χ3n) is 14.7. The molecule has 0 spiro atoms. The first-order chi connectivity index (χ1) is 22.8. The highest BCUT2D eigenvalue weighted by Gasteiger charge is 2.49. The molecule has 3 heteroatoms. The van der Waals surface area contributed by atoms with E-state index in [1.807, 2.05) is 0 Å². The molecular weight excluding hydrogens is 574 g/mol. The number of ketones is 2. The summed E-state index contributed by atoms with van der Waals surface area (Å²) in [4.78, 5) is 28.5. The van der Waals surface area contributed by atoms with Gasteiger partial charge in [-0.2, -0.15) is 0 Å². The number of carbonyl (C=O) groups excluding carboxylic acids is 2. The van der Waals surface area contributed by atoms with Gasteiger partial charge in [0.05, 0.1) is 16.6 Å². The maximum atomic E-state index is 14.5. The number of aromatic nitrogens is 1. The molecule has 0 atom stereocenters. The normalized spacial score (nSPS) is 28.7. The van der Waals surface area contributed by atoms with Gasteiger partial charge in [-0.05, 0) is 157 Å². The van der Waals surface area contributed by atoms with Gasteiger partial charge in [-0.15, -0.1) is 0 Å². The van der Waals surface area contributed by atoms with Gasteiger partial charge in [-0.1, -0.05) is 32.0 Å². The van der Waals surface area contributed by atoms with Crippen molar-refractivity contribution in [1.29, 1.82) is 0 Å². The van der Waals surface area contributed by atoms with E-state index in [-0.39, 0.29) is 16.7 Å². The SMILES string of the molecule is CC12CCC(C)(CC1)c1cc3c4c5c6c(c7c8cc9c(cc8n(c3cc1C2=O)c74)C(=O)C1CCC9CC1)CCc1cccc(c1-6)CC5. The molecular formula is C44H39NO2. The molecule has 14 rings (SSSR count). The van der Waals surface area contributed by atoms with Crippen LogP contribution in [0.15, 0.2) is 42.5 Å². The first-order valence-corrected chi connectivity index (χ1v) is 18.4. The summed E-state index contributed by atoms with van der Waals surface area (Å²) in [6.45, 7) is 4.64. The quantitative estimate of drug-likeness (QED) is 0.171. The van der Waals surface area contributed by atoms with E-state index in [9.17, 15) is 9.59 Å². The summed E-state index contributed by atoms with van der Waals surface area (Å²) in [6.07, 6.45) is 12.7. The van der Waals surface area contributed by atoms with Crippen molar-refractivity contribution >= 4 is 49.7 Å². The van der Waals surface area contributed by atoms with E-state index in [0.717, 1.165) is 88.2 Å². The molecule has 2 aromatic heterocycles. The lowest BCUT2D eigenvalue weighted by molar-refractivity contribution is 0.0731. The van der Waals surface area contributed by atoms with Gasteiger partial charge in [0.1, 0.15) is 0 Å². The molecule has 2 heterocycles. The minimum absolute atomic E-state index is 0.0305. The van der Waals surface area contributed by atoms with Gasteiger partial charge in [0, 0.05) is 44.0 Å². The predicted molar refractivity (Wildman–Crippen MR) is 189 cm³/mol. The number of aryl methyl sites for hydroxylation is 4. The molecule has 0 unspecified atom stereocenters. The number of Topliss-reactive ketones (excluding diaryl/α,β-unsaturated/α-hetero) is 2. The number of hydrogen-bond donors (Lipinski definition) is 0. The summed E-state index contributed by atoms with van der Waals surface area (Å²) in [5.74, 6) is 1.37. The summed E-state index contributed by atoms with van der Waals surface area (Å²) in [6, 6.07) is 16.6. The lowest BCUT2D eigenvalue weighted by Gasteiger charge is -2.38. The third-order valence-corrected chi connectivity index (χ3v) is 14.7. The average molecular weight is 614 g/mol. The highest BCUT2D eigenvalue weighted by molar-refractivity contribution is 6.28. The van der Waals surface area contributed by atoms with Crippen LogP contribution in [0.3, 0.4) is 0 Å². The molecule has 0 aliphatic heterocycles. The molecule has 3 nitrogen and oxygen atoms in total. The van der Waals surface area contributed by atoms with Crippen molar-refractivity contribution in [2.45, 2.75) is 102 Å². The Kier molecular flexibility index (Phi) is 4.53. The first-order valence-electron chi connectivity index (χ1n) is 18.4. The van der Waals surface area contributed by atoms with Crippen LogP contribution in [0.2, 0.25) is 0 Å². The summed E-state index contributed by atoms with van der Waals surface area (Å²) in [7, 11) is 0. The van der Waals surface area contributed by atoms with Gasteiger partial charge in [-0.25, -0.2) is 0 Å². The molecule has 2 saturated carbocycles. The number of benzene rings is 4. The molecule has 4 bridgehead atoms. The summed E-state index contributed by atoms with van der Waals surface area (Å²) < 4.78 is 2.52. The predicted octanol–water partition coefficient (Wildman–Crippen LogP) is 10.2. The fraction of sp³-hybridized carbons (Fsp3) is 0.409. The van der Waals surface area contributed by atoms with Gasteiger partial charge >= 0.3 is 0 Å². The molecule has 0 amide bonds. The van der Waals surface area contributed by atoms with Gasteiger partial charge in [0.25, 0.3) is 0 Å². The van der Waals surface area contributed by atoms with Gasteiger partial charge in [-0.3, -0.25) is 9.59 Å². The smallest absolute Gasteiger partial charge is 0.169 e. The molecule has 2 fully saturated rings. The van der Waals surface area contributed by atoms with Crippen LogP contribution in [0.4, 0.5) is 0 Å². The van der Waals surface area contributed by atoms with Crippen molar-refractivity contribution in [3.63, 3.8) is 0 Å². The lowest BCUT2D eigenvalue weighted by Crippen LogP contribution is -2.33. The van der Waals surface area contributed by atoms with Crippen LogP contribution in [0.1, 0.15) is 125 Å². The van der Waals surface area contributed by atoms with Crippen LogP contribution >= 0.6 is 0 Å². The van der Waals surface area contributed by atoms with Crippen LogP contribution in [0.25, 0.3) is 49.2 Å². The zero-order valence-corrected chi connectivity index (χ0v) is 27.4. The topological polar surface area (TPSA) is 38.5 Å². The Labute approximate surface area is 274 Å². The van der Waals surface area contributed by atoms with E-state index in [2.05, 4.69) is 60.7 Å². The van der Waals surface area contributed by atoms with E-state index < -0.39 is 0 Å². The van der Waals surface area contributed by atoms with E-state index in [1.165, 1.54) is 82.6 Å². The second-order valence-electron chi connectivity index (χ2n) is 17.0.